The molecule has 7 nitrogen and oxygen atoms in total. The van der Waals surface area contributed by atoms with Crippen molar-refractivity contribution in [1.82, 2.24) is 20.1 Å². The normalized spacial score (nSPS) is 12.8. The highest BCUT2D eigenvalue weighted by molar-refractivity contribution is 8.00. The molecule has 2 heterocycles. The van der Waals surface area contributed by atoms with E-state index in [4.69, 9.17) is 5.73 Å². The number of carbonyl (C=O) groups is 2. The summed E-state index contributed by atoms with van der Waals surface area (Å²) in [5.74, 6) is 0.247. The number of aromatic nitrogens is 3. The molecular weight excluding hydrogens is 370 g/mol. The molecule has 3 N–H and O–H groups in total. The van der Waals surface area contributed by atoms with E-state index in [0.717, 1.165) is 11.3 Å². The Kier molecular flexibility index (Phi) is 6.82. The molecule has 0 saturated carbocycles. The second-order valence-corrected chi connectivity index (χ2v) is 8.89. The number of amides is 2. The molecule has 2 aromatic heterocycles. The van der Waals surface area contributed by atoms with Crippen molar-refractivity contribution in [3.8, 4) is 10.7 Å². The van der Waals surface area contributed by atoms with Crippen LogP contribution in [0.5, 0.6) is 0 Å². The molecule has 0 saturated heterocycles. The maximum Gasteiger partial charge on any atom is 0.233 e. The van der Waals surface area contributed by atoms with Gasteiger partial charge in [0.15, 0.2) is 11.0 Å². The van der Waals surface area contributed by atoms with Crippen LogP contribution in [0.1, 0.15) is 40.5 Å². The molecule has 26 heavy (non-hydrogen) atoms. The largest absolute Gasteiger partial charge is 0.370 e. The van der Waals surface area contributed by atoms with Crippen LogP contribution in [0.15, 0.2) is 22.7 Å². The Bertz CT molecular complexity index is 755. The molecule has 0 bridgehead atoms. The fourth-order valence-electron chi connectivity index (χ4n) is 2.12. The summed E-state index contributed by atoms with van der Waals surface area (Å²) in [4.78, 5) is 24.7. The van der Waals surface area contributed by atoms with E-state index in [1.165, 1.54) is 11.8 Å². The maximum atomic E-state index is 12.5. The SMILES string of the molecule is CCC(C)(C)NC(=O)C(C)Sc1nnc(-c2cccs2)n1CCC(N)=O. The van der Waals surface area contributed by atoms with Gasteiger partial charge in [-0.05, 0) is 38.6 Å². The van der Waals surface area contributed by atoms with Gasteiger partial charge in [0.1, 0.15) is 0 Å². The first-order valence-corrected chi connectivity index (χ1v) is 10.2. The summed E-state index contributed by atoms with van der Waals surface area (Å²) in [6, 6.07) is 3.88. The van der Waals surface area contributed by atoms with Crippen LogP contribution in [-0.4, -0.2) is 37.4 Å². The lowest BCUT2D eigenvalue weighted by Gasteiger charge is -2.26. The molecule has 2 amide bonds. The highest BCUT2D eigenvalue weighted by Crippen LogP contribution is 2.29. The van der Waals surface area contributed by atoms with E-state index in [-0.39, 0.29) is 29.0 Å². The van der Waals surface area contributed by atoms with Crippen molar-refractivity contribution >= 4 is 34.9 Å². The minimum atomic E-state index is -0.387. The quantitative estimate of drug-likeness (QED) is 0.636. The first-order chi connectivity index (χ1) is 12.2. The molecule has 0 aromatic carbocycles. The fourth-order valence-corrected chi connectivity index (χ4v) is 3.72. The van der Waals surface area contributed by atoms with Crippen molar-refractivity contribution in [1.29, 1.82) is 0 Å². The Hall–Kier alpha value is -1.87. The first-order valence-electron chi connectivity index (χ1n) is 8.47. The van der Waals surface area contributed by atoms with E-state index in [1.54, 1.807) is 11.3 Å². The van der Waals surface area contributed by atoms with Gasteiger partial charge in [-0.1, -0.05) is 24.8 Å². The number of nitrogens with one attached hydrogen (secondary N) is 1. The van der Waals surface area contributed by atoms with Crippen LogP contribution in [0.3, 0.4) is 0 Å². The van der Waals surface area contributed by atoms with Gasteiger partial charge in [-0.3, -0.25) is 9.59 Å². The number of nitrogens with two attached hydrogens (primary N) is 1. The number of thiophene rings is 1. The summed E-state index contributed by atoms with van der Waals surface area (Å²) < 4.78 is 1.86. The monoisotopic (exact) mass is 395 g/mol. The van der Waals surface area contributed by atoms with Crippen molar-refractivity contribution in [3.63, 3.8) is 0 Å². The standard InChI is InChI=1S/C17H25N5O2S2/c1-5-17(3,4)19-15(24)11(2)26-16-21-20-14(12-7-6-10-25-12)22(16)9-8-13(18)23/h6-7,10-11H,5,8-9H2,1-4H3,(H2,18,23)(H,19,24). The van der Waals surface area contributed by atoms with Crippen LogP contribution >= 0.6 is 23.1 Å². The second kappa shape index (κ2) is 8.68. The van der Waals surface area contributed by atoms with Crippen molar-refractivity contribution in [3.05, 3.63) is 17.5 Å². The van der Waals surface area contributed by atoms with Crippen molar-refractivity contribution in [2.45, 2.75) is 63.0 Å². The number of thioether (sulfide) groups is 1. The smallest absolute Gasteiger partial charge is 0.233 e. The number of rotatable bonds is 9. The van der Waals surface area contributed by atoms with Gasteiger partial charge >= 0.3 is 0 Å². The molecule has 0 aliphatic heterocycles. The molecule has 1 atom stereocenters. The lowest BCUT2D eigenvalue weighted by atomic mass is 10.0. The van der Waals surface area contributed by atoms with Gasteiger partial charge in [0.25, 0.3) is 0 Å². The van der Waals surface area contributed by atoms with Gasteiger partial charge in [0.2, 0.25) is 11.8 Å². The lowest BCUT2D eigenvalue weighted by Crippen LogP contribution is -2.46. The highest BCUT2D eigenvalue weighted by atomic mass is 32.2. The van der Waals surface area contributed by atoms with Crippen LogP contribution in [0.4, 0.5) is 0 Å². The average molecular weight is 396 g/mol. The van der Waals surface area contributed by atoms with Crippen LogP contribution in [0.2, 0.25) is 0 Å². The van der Waals surface area contributed by atoms with Gasteiger partial charge in [0, 0.05) is 18.5 Å². The van der Waals surface area contributed by atoms with Gasteiger partial charge < -0.3 is 15.6 Å². The molecule has 2 rings (SSSR count). The summed E-state index contributed by atoms with van der Waals surface area (Å²) in [6.07, 6.45) is 1.03. The second-order valence-electron chi connectivity index (χ2n) is 6.64. The zero-order valence-electron chi connectivity index (χ0n) is 15.5. The zero-order valence-corrected chi connectivity index (χ0v) is 17.1. The zero-order chi connectivity index (χ0) is 19.3. The molecule has 9 heteroatoms. The van der Waals surface area contributed by atoms with Gasteiger partial charge in [-0.25, -0.2) is 0 Å². The fraction of sp³-hybridized carbons (Fsp3) is 0.529. The van der Waals surface area contributed by atoms with E-state index in [0.29, 0.717) is 17.5 Å². The van der Waals surface area contributed by atoms with Crippen LogP contribution < -0.4 is 11.1 Å². The summed E-state index contributed by atoms with van der Waals surface area (Å²) in [6.45, 7) is 8.24. The minimum Gasteiger partial charge on any atom is -0.370 e. The molecule has 0 fully saturated rings. The average Bonchev–Trinajstić information content (AvgIpc) is 3.21. The van der Waals surface area contributed by atoms with E-state index >= 15 is 0 Å². The third kappa shape index (κ3) is 5.31. The summed E-state index contributed by atoms with van der Waals surface area (Å²) in [7, 11) is 0. The summed E-state index contributed by atoms with van der Waals surface area (Å²) in [5.41, 5.74) is 5.04. The van der Waals surface area contributed by atoms with Crippen LogP contribution in [0.25, 0.3) is 10.7 Å². The van der Waals surface area contributed by atoms with E-state index in [9.17, 15) is 9.59 Å². The van der Waals surface area contributed by atoms with Gasteiger partial charge in [-0.2, -0.15) is 0 Å². The van der Waals surface area contributed by atoms with Crippen LogP contribution in [0, 0.1) is 0 Å². The van der Waals surface area contributed by atoms with Crippen molar-refractivity contribution in [2.75, 3.05) is 0 Å². The number of carbonyl (C=O) groups excluding carboxylic acids is 2. The summed E-state index contributed by atoms with van der Waals surface area (Å²) >= 11 is 2.87. The molecular formula is C17H25N5O2S2. The Morgan fingerprint density at radius 2 is 2.15 bits per heavy atom. The Labute approximate surface area is 161 Å². The molecule has 0 spiro atoms. The number of hydrogen-bond donors (Lipinski definition) is 2. The predicted octanol–water partition coefficient (Wildman–Crippen LogP) is 2.67. The number of primary amides is 1. The van der Waals surface area contributed by atoms with Gasteiger partial charge in [-0.15, -0.1) is 21.5 Å². The number of nitrogens with zero attached hydrogens (tertiary/aromatic N) is 3. The molecule has 1 unspecified atom stereocenters. The predicted molar refractivity (Wildman–Crippen MR) is 105 cm³/mol. The van der Waals surface area contributed by atoms with E-state index in [2.05, 4.69) is 15.5 Å². The molecule has 0 radical (unpaired) electrons. The van der Waals surface area contributed by atoms with Crippen molar-refractivity contribution in [2.24, 2.45) is 5.73 Å². The Morgan fingerprint density at radius 3 is 2.73 bits per heavy atom. The van der Waals surface area contributed by atoms with E-state index in [1.807, 2.05) is 49.8 Å². The molecule has 0 aliphatic carbocycles. The van der Waals surface area contributed by atoms with Gasteiger partial charge in [0.05, 0.1) is 10.1 Å². The third-order valence-corrected chi connectivity index (χ3v) is 5.98. The minimum absolute atomic E-state index is 0.0519. The Balaban J connectivity index is 2.20. The molecule has 142 valence electrons. The van der Waals surface area contributed by atoms with Crippen LogP contribution in [-0.2, 0) is 16.1 Å². The molecule has 2 aromatic rings. The Morgan fingerprint density at radius 1 is 1.42 bits per heavy atom. The number of hydrogen-bond acceptors (Lipinski definition) is 6. The topological polar surface area (TPSA) is 103 Å². The third-order valence-electron chi connectivity index (χ3n) is 4.04. The van der Waals surface area contributed by atoms with E-state index < -0.39 is 0 Å². The summed E-state index contributed by atoms with van der Waals surface area (Å²) in [5, 5.41) is 13.8. The highest BCUT2D eigenvalue weighted by Gasteiger charge is 2.25. The maximum absolute atomic E-state index is 12.5. The van der Waals surface area contributed by atoms with Crippen molar-refractivity contribution < 1.29 is 9.59 Å². The first kappa shape index (κ1) is 20.4. The lowest BCUT2D eigenvalue weighted by molar-refractivity contribution is -0.122. The molecule has 0 aliphatic rings.